The molecule has 0 bridgehead atoms. The lowest BCUT2D eigenvalue weighted by atomic mass is 10.2. The van der Waals surface area contributed by atoms with Crippen molar-refractivity contribution < 1.29 is 40.2 Å². The summed E-state index contributed by atoms with van der Waals surface area (Å²) in [5.74, 6) is -3.25. The maximum Gasteiger partial charge on any atom is 0.387 e. The molecule has 1 N–H and O–H groups in total. The van der Waals surface area contributed by atoms with Crippen molar-refractivity contribution in [3.8, 4) is 17.6 Å². The van der Waals surface area contributed by atoms with Crippen molar-refractivity contribution in [2.45, 2.75) is 24.7 Å². The Hall–Kier alpha value is -2.98. The molecule has 0 fully saturated rings. The van der Waals surface area contributed by atoms with Crippen LogP contribution < -0.4 is 14.8 Å². The molecule has 1 amide bonds. The Bertz CT molecular complexity index is 1130. The van der Waals surface area contributed by atoms with E-state index in [1.54, 1.807) is 18.2 Å². The first-order valence-electron chi connectivity index (χ1n) is 10.1. The number of hydrogen-bond acceptors (Lipinski definition) is 7. The summed E-state index contributed by atoms with van der Waals surface area (Å²) in [6, 6.07) is 13.2. The minimum absolute atomic E-state index is 0.00899. The van der Waals surface area contributed by atoms with Crippen LogP contribution in [0.4, 0.5) is 17.6 Å². The second kappa shape index (κ2) is 13.8. The van der Waals surface area contributed by atoms with Crippen LogP contribution in [0.15, 0.2) is 48.5 Å². The van der Waals surface area contributed by atoms with Crippen molar-refractivity contribution in [2.24, 2.45) is 5.92 Å². The highest BCUT2D eigenvalue weighted by atomic mass is 32.2. The molecule has 7 nitrogen and oxygen atoms in total. The Morgan fingerprint density at radius 3 is 2.09 bits per heavy atom. The molecule has 0 spiro atoms. The smallest absolute Gasteiger partial charge is 0.387 e. The summed E-state index contributed by atoms with van der Waals surface area (Å²) in [7, 11) is -3.99. The Labute approximate surface area is 204 Å². The average Bonchev–Trinajstić information content (AvgIpc) is 2.78. The van der Waals surface area contributed by atoms with E-state index in [4.69, 9.17) is 5.26 Å². The minimum Gasteiger partial charge on any atom is -0.435 e. The summed E-state index contributed by atoms with van der Waals surface area (Å²) < 4.78 is 85.0. The van der Waals surface area contributed by atoms with E-state index in [-0.39, 0.29) is 35.1 Å². The number of carbonyl (C=O) groups is 1. The van der Waals surface area contributed by atoms with Crippen molar-refractivity contribution >= 4 is 27.5 Å². The van der Waals surface area contributed by atoms with Crippen LogP contribution in [0.1, 0.15) is 11.1 Å². The number of halogens is 4. The van der Waals surface area contributed by atoms with Crippen LogP contribution in [-0.2, 0) is 26.1 Å². The van der Waals surface area contributed by atoms with Crippen molar-refractivity contribution in [1.29, 1.82) is 5.26 Å². The number of ether oxygens (including phenoxy) is 2. The van der Waals surface area contributed by atoms with Gasteiger partial charge in [0.25, 0.3) is 0 Å². The highest BCUT2D eigenvalue weighted by molar-refractivity contribution is 7.98. The van der Waals surface area contributed by atoms with Gasteiger partial charge in [0, 0.05) is 22.6 Å². The van der Waals surface area contributed by atoms with Crippen LogP contribution in [0.5, 0.6) is 11.5 Å². The largest absolute Gasteiger partial charge is 0.435 e. The molecule has 0 radical (unpaired) electrons. The monoisotopic (exact) mass is 534 g/mol. The van der Waals surface area contributed by atoms with Gasteiger partial charge in [-0.2, -0.15) is 34.6 Å². The molecule has 0 aliphatic carbocycles. The van der Waals surface area contributed by atoms with E-state index in [2.05, 4.69) is 14.8 Å². The molecule has 0 saturated heterocycles. The maximum atomic E-state index is 12.8. The first-order valence-corrected chi connectivity index (χ1v) is 13.1. The van der Waals surface area contributed by atoms with Crippen LogP contribution in [0, 0.1) is 17.2 Å². The Morgan fingerprint density at radius 2 is 1.51 bits per heavy atom. The quantitative estimate of drug-likeness (QED) is 0.289. The summed E-state index contributed by atoms with van der Waals surface area (Å²) in [4.78, 5) is 12.5. The third-order valence-electron chi connectivity index (χ3n) is 4.50. The van der Waals surface area contributed by atoms with Crippen LogP contribution in [-0.4, -0.2) is 45.6 Å². The Balaban J connectivity index is 2.12. The molecule has 0 saturated carbocycles. The number of nitrogens with zero attached hydrogens (tertiary/aromatic N) is 1. The van der Waals surface area contributed by atoms with E-state index in [1.165, 1.54) is 36.4 Å². The molecule has 13 heteroatoms. The summed E-state index contributed by atoms with van der Waals surface area (Å²) in [5.41, 5.74) is 0.435. The third kappa shape index (κ3) is 10.0. The zero-order chi connectivity index (χ0) is 25.8. The fourth-order valence-electron chi connectivity index (χ4n) is 3.05. The van der Waals surface area contributed by atoms with Crippen molar-refractivity contribution in [2.75, 3.05) is 18.1 Å². The van der Waals surface area contributed by atoms with E-state index in [0.717, 1.165) is 11.8 Å². The van der Waals surface area contributed by atoms with Gasteiger partial charge in [0.15, 0.2) is 9.84 Å². The molecule has 190 valence electrons. The average molecular weight is 535 g/mol. The van der Waals surface area contributed by atoms with Gasteiger partial charge in [0.1, 0.15) is 18.0 Å². The van der Waals surface area contributed by atoms with E-state index in [0.29, 0.717) is 5.56 Å². The summed E-state index contributed by atoms with van der Waals surface area (Å²) in [5, 5.41) is 11.0. The molecule has 0 aliphatic heterocycles. The molecule has 2 aromatic rings. The molecule has 0 aromatic heterocycles. The zero-order valence-electron chi connectivity index (χ0n) is 18.2. The number of benzene rings is 2. The van der Waals surface area contributed by atoms with Gasteiger partial charge in [-0.1, -0.05) is 36.4 Å². The molecular weight excluding hydrogens is 512 g/mol. The fourth-order valence-corrected chi connectivity index (χ4v) is 6.04. The van der Waals surface area contributed by atoms with E-state index in [9.17, 15) is 30.8 Å². The highest BCUT2D eigenvalue weighted by Crippen LogP contribution is 2.27. The second-order valence-corrected chi connectivity index (χ2v) is 10.3. The summed E-state index contributed by atoms with van der Waals surface area (Å²) in [6.07, 6.45) is 0. The lowest BCUT2D eigenvalue weighted by Gasteiger charge is -2.17. The molecule has 0 aliphatic rings. The topological polar surface area (TPSA) is 105 Å². The van der Waals surface area contributed by atoms with Crippen LogP contribution >= 0.6 is 11.8 Å². The van der Waals surface area contributed by atoms with E-state index >= 15 is 0 Å². The van der Waals surface area contributed by atoms with Gasteiger partial charge in [-0.15, -0.1) is 0 Å². The predicted molar refractivity (Wildman–Crippen MR) is 122 cm³/mol. The Morgan fingerprint density at radius 1 is 0.971 bits per heavy atom. The lowest BCUT2D eigenvalue weighted by molar-refractivity contribution is -0.123. The number of para-hydroxylation sites is 2. The van der Waals surface area contributed by atoms with Crippen molar-refractivity contribution in [1.82, 2.24) is 5.32 Å². The van der Waals surface area contributed by atoms with Gasteiger partial charge in [-0.05, 0) is 12.1 Å². The van der Waals surface area contributed by atoms with Crippen LogP contribution in [0.25, 0.3) is 0 Å². The van der Waals surface area contributed by atoms with Gasteiger partial charge in [0.05, 0.1) is 23.5 Å². The van der Waals surface area contributed by atoms with Gasteiger partial charge >= 0.3 is 13.2 Å². The summed E-state index contributed by atoms with van der Waals surface area (Å²) in [6.45, 7) is -6.50. The van der Waals surface area contributed by atoms with E-state index in [1.807, 2.05) is 0 Å². The normalized spacial score (nSPS) is 12.3. The standard InChI is InChI=1S/C22H22F4N2O5S2/c23-21(24)32-18-7-3-1-5-15(18)11-34-12-17(20(29)28-10-9-27)14-35(30,31)13-16-6-2-4-8-19(16)33-22(25)26/h1-8,17,21-22H,10-14H2,(H,28,29). The number of thioether (sulfide) groups is 1. The molecule has 2 aromatic carbocycles. The van der Waals surface area contributed by atoms with Gasteiger partial charge in [-0.3, -0.25) is 4.79 Å². The van der Waals surface area contributed by atoms with Crippen molar-refractivity contribution in [3.63, 3.8) is 0 Å². The van der Waals surface area contributed by atoms with Crippen molar-refractivity contribution in [3.05, 3.63) is 59.7 Å². The zero-order valence-corrected chi connectivity index (χ0v) is 19.8. The molecule has 1 atom stereocenters. The third-order valence-corrected chi connectivity index (χ3v) is 7.31. The van der Waals surface area contributed by atoms with E-state index < -0.39 is 46.4 Å². The number of rotatable bonds is 14. The highest BCUT2D eigenvalue weighted by Gasteiger charge is 2.27. The predicted octanol–water partition coefficient (Wildman–Crippen LogP) is 3.99. The molecule has 35 heavy (non-hydrogen) atoms. The van der Waals surface area contributed by atoms with Crippen LogP contribution in [0.3, 0.4) is 0 Å². The minimum atomic E-state index is -3.99. The Kier molecular flexibility index (Phi) is 11.1. The molecular formula is C22H22F4N2O5S2. The first-order chi connectivity index (χ1) is 16.6. The number of nitriles is 1. The number of sulfone groups is 1. The van der Waals surface area contributed by atoms with Crippen LogP contribution in [0.2, 0.25) is 0 Å². The number of amides is 1. The maximum absolute atomic E-state index is 12.8. The molecule has 0 heterocycles. The first kappa shape index (κ1) is 28.3. The van der Waals surface area contributed by atoms with Gasteiger partial charge < -0.3 is 14.8 Å². The number of nitrogens with one attached hydrogen (secondary N) is 1. The molecule has 2 rings (SSSR count). The van der Waals surface area contributed by atoms with Gasteiger partial charge in [0.2, 0.25) is 5.91 Å². The number of alkyl halides is 4. The molecule has 1 unspecified atom stereocenters. The van der Waals surface area contributed by atoms with Gasteiger partial charge in [-0.25, -0.2) is 8.42 Å². The number of hydrogen-bond donors (Lipinski definition) is 1. The lowest BCUT2D eigenvalue weighted by Crippen LogP contribution is -2.36. The number of carbonyl (C=O) groups excluding carboxylic acids is 1. The fraction of sp³-hybridized carbons (Fsp3) is 0.364. The second-order valence-electron chi connectivity index (χ2n) is 7.11. The SMILES string of the molecule is N#CCNC(=O)C(CSCc1ccccc1OC(F)F)CS(=O)(=O)Cc1ccccc1OC(F)F. The summed E-state index contributed by atoms with van der Waals surface area (Å²) >= 11 is 1.12.